The molecule has 0 aliphatic carbocycles. The molecule has 0 saturated carbocycles. The molecule has 4 unspecified atom stereocenters. The van der Waals surface area contributed by atoms with Crippen LogP contribution in [0.3, 0.4) is 0 Å². The van der Waals surface area contributed by atoms with Gasteiger partial charge in [-0.05, 0) is 48.5 Å². The first-order chi connectivity index (χ1) is 16.7. The fourth-order valence-electron chi connectivity index (χ4n) is 3.49. The third-order valence-electron chi connectivity index (χ3n) is 4.95. The van der Waals surface area contributed by atoms with Crippen LogP contribution in [0.25, 0.3) is 0 Å². The average molecular weight is 481 g/mol. The number of ether oxygens (including phenoxy) is 5. The third kappa shape index (κ3) is 6.65. The van der Waals surface area contributed by atoms with Crippen molar-refractivity contribution in [3.05, 3.63) is 65.2 Å². The quantitative estimate of drug-likeness (QED) is 0.329. The number of carbonyl (C=O) groups is 4. The van der Waals surface area contributed by atoms with Crippen LogP contribution in [0.5, 0.6) is 5.75 Å². The molecule has 0 radical (unpaired) electrons. The highest BCUT2D eigenvalue weighted by molar-refractivity contribution is 6.09. The Morgan fingerprint density at radius 3 is 1.83 bits per heavy atom. The zero-order valence-corrected chi connectivity index (χ0v) is 19.3. The van der Waals surface area contributed by atoms with Crippen LogP contribution < -0.4 is 4.74 Å². The van der Waals surface area contributed by atoms with Crippen LogP contribution in [0, 0.1) is 11.3 Å². The molecule has 3 rings (SSSR count). The first kappa shape index (κ1) is 25.4. The highest BCUT2D eigenvalue weighted by Crippen LogP contribution is 2.27. The molecule has 2 aromatic rings. The minimum absolute atomic E-state index is 0.171. The summed E-state index contributed by atoms with van der Waals surface area (Å²) in [6, 6.07) is 14.4. The summed E-state index contributed by atoms with van der Waals surface area (Å²) in [5.74, 6) is -1.94. The smallest absolute Gasteiger partial charge is 0.303 e. The van der Waals surface area contributed by atoms with Crippen molar-refractivity contribution >= 4 is 23.7 Å². The van der Waals surface area contributed by atoms with E-state index in [-0.39, 0.29) is 18.1 Å². The summed E-state index contributed by atoms with van der Waals surface area (Å²) in [6.45, 7) is 3.36. The molecule has 1 saturated heterocycles. The third-order valence-corrected chi connectivity index (χ3v) is 4.95. The Hall–Kier alpha value is -4.23. The second kappa shape index (κ2) is 11.3. The molecular weight excluding hydrogens is 458 g/mol. The Bertz CT molecular complexity index is 1140. The maximum Gasteiger partial charge on any atom is 0.303 e. The van der Waals surface area contributed by atoms with Gasteiger partial charge in [-0.25, -0.2) is 0 Å². The number of hydrogen-bond donors (Lipinski definition) is 0. The van der Waals surface area contributed by atoms with Gasteiger partial charge in [0.1, 0.15) is 5.75 Å². The van der Waals surface area contributed by atoms with E-state index >= 15 is 0 Å². The summed E-state index contributed by atoms with van der Waals surface area (Å²) >= 11 is 0. The van der Waals surface area contributed by atoms with Gasteiger partial charge >= 0.3 is 17.9 Å². The molecule has 1 aliphatic rings. The first-order valence-electron chi connectivity index (χ1n) is 10.6. The standard InChI is InChI=1S/C25H23NO9/c1-14(27)32-21-13-31-25(24(34-16(3)29)23(21)33-15(2)28)35-20-10-8-19(9-11-20)22(30)18-6-4-17(12-26)5-7-18/h4-11,21,23-25H,13H2,1-3H3. The zero-order valence-electron chi connectivity index (χ0n) is 19.3. The Morgan fingerprint density at radius 2 is 1.31 bits per heavy atom. The van der Waals surface area contributed by atoms with Crippen molar-refractivity contribution in [1.82, 2.24) is 0 Å². The van der Waals surface area contributed by atoms with Crippen molar-refractivity contribution in [1.29, 1.82) is 5.26 Å². The molecule has 0 aromatic heterocycles. The highest BCUT2D eigenvalue weighted by atomic mass is 16.7. The van der Waals surface area contributed by atoms with Gasteiger partial charge in [0.05, 0.1) is 18.2 Å². The Labute approximate surface area is 201 Å². The van der Waals surface area contributed by atoms with Crippen molar-refractivity contribution < 1.29 is 42.9 Å². The number of carbonyl (C=O) groups excluding carboxylic acids is 4. The van der Waals surface area contributed by atoms with Gasteiger partial charge in [0.2, 0.25) is 12.4 Å². The maximum atomic E-state index is 12.7. The van der Waals surface area contributed by atoms with Gasteiger partial charge in [-0.3, -0.25) is 19.2 Å². The van der Waals surface area contributed by atoms with Crippen LogP contribution >= 0.6 is 0 Å². The molecule has 0 spiro atoms. The number of benzene rings is 2. The molecule has 1 aliphatic heterocycles. The Balaban J connectivity index is 1.78. The van der Waals surface area contributed by atoms with Crippen LogP contribution in [0.4, 0.5) is 0 Å². The lowest BCUT2D eigenvalue weighted by atomic mass is 10.0. The molecule has 0 amide bonds. The zero-order chi connectivity index (χ0) is 25.5. The van der Waals surface area contributed by atoms with Gasteiger partial charge in [-0.2, -0.15) is 5.26 Å². The first-order valence-corrected chi connectivity index (χ1v) is 10.6. The van der Waals surface area contributed by atoms with Crippen molar-refractivity contribution in [2.75, 3.05) is 6.61 Å². The van der Waals surface area contributed by atoms with Crippen LogP contribution in [0.15, 0.2) is 48.5 Å². The predicted octanol–water partition coefficient (Wildman–Crippen LogP) is 2.32. The minimum atomic E-state index is -1.23. The molecule has 35 heavy (non-hydrogen) atoms. The fraction of sp³-hybridized carbons (Fsp3) is 0.320. The normalized spacial score (nSPS) is 21.2. The lowest BCUT2D eigenvalue weighted by molar-refractivity contribution is -0.259. The molecule has 2 aromatic carbocycles. The van der Waals surface area contributed by atoms with E-state index in [9.17, 15) is 19.2 Å². The minimum Gasteiger partial charge on any atom is -0.461 e. The lowest BCUT2D eigenvalue weighted by Gasteiger charge is -2.40. The summed E-state index contributed by atoms with van der Waals surface area (Å²) in [6.07, 6.45) is -4.58. The Kier molecular flexibility index (Phi) is 8.17. The molecule has 1 fully saturated rings. The molecule has 182 valence electrons. The van der Waals surface area contributed by atoms with Gasteiger partial charge in [-0.1, -0.05) is 0 Å². The fourth-order valence-corrected chi connectivity index (χ4v) is 3.49. The summed E-state index contributed by atoms with van der Waals surface area (Å²) in [5.41, 5.74) is 1.25. The number of rotatable bonds is 7. The van der Waals surface area contributed by atoms with Crippen molar-refractivity contribution in [3.8, 4) is 11.8 Å². The second-order valence-electron chi connectivity index (χ2n) is 7.66. The van der Waals surface area contributed by atoms with Gasteiger partial charge in [0.25, 0.3) is 0 Å². The van der Waals surface area contributed by atoms with Crippen molar-refractivity contribution in [2.45, 2.75) is 45.4 Å². The van der Waals surface area contributed by atoms with E-state index in [0.717, 1.165) is 0 Å². The van der Waals surface area contributed by atoms with Gasteiger partial charge in [0, 0.05) is 31.9 Å². The molecule has 0 bridgehead atoms. The van der Waals surface area contributed by atoms with Gasteiger partial charge in [-0.15, -0.1) is 0 Å². The van der Waals surface area contributed by atoms with E-state index in [0.29, 0.717) is 16.7 Å². The molecule has 0 N–H and O–H groups in total. The highest BCUT2D eigenvalue weighted by Gasteiger charge is 2.48. The largest absolute Gasteiger partial charge is 0.461 e. The van der Waals surface area contributed by atoms with E-state index in [1.165, 1.54) is 32.9 Å². The molecular formula is C25H23NO9. The molecule has 10 nitrogen and oxygen atoms in total. The topological polar surface area (TPSA) is 138 Å². The molecule has 1 heterocycles. The van der Waals surface area contributed by atoms with Crippen molar-refractivity contribution in [3.63, 3.8) is 0 Å². The summed E-state index contributed by atoms with van der Waals surface area (Å²) in [4.78, 5) is 47.6. The number of nitrogens with zero attached hydrogens (tertiary/aromatic N) is 1. The SMILES string of the molecule is CC(=O)OC1COC(Oc2ccc(C(=O)c3ccc(C#N)cc3)cc2)C(OC(C)=O)C1OC(C)=O. The Morgan fingerprint density at radius 1 is 0.800 bits per heavy atom. The monoisotopic (exact) mass is 481 g/mol. The van der Waals surface area contributed by atoms with E-state index < -0.39 is 42.5 Å². The van der Waals surface area contributed by atoms with Crippen LogP contribution in [-0.4, -0.2) is 54.9 Å². The van der Waals surface area contributed by atoms with Gasteiger partial charge in [0.15, 0.2) is 18.0 Å². The van der Waals surface area contributed by atoms with Crippen LogP contribution in [-0.2, 0) is 33.3 Å². The van der Waals surface area contributed by atoms with E-state index in [2.05, 4.69) is 0 Å². The number of esters is 3. The average Bonchev–Trinajstić information content (AvgIpc) is 2.82. The molecule has 4 atom stereocenters. The molecule has 10 heteroatoms. The van der Waals surface area contributed by atoms with E-state index in [4.69, 9.17) is 28.9 Å². The van der Waals surface area contributed by atoms with E-state index in [1.807, 2.05) is 6.07 Å². The van der Waals surface area contributed by atoms with Gasteiger partial charge < -0.3 is 23.7 Å². The van der Waals surface area contributed by atoms with Crippen LogP contribution in [0.1, 0.15) is 42.3 Å². The summed E-state index contributed by atoms with van der Waals surface area (Å²) in [5, 5.41) is 8.90. The number of nitriles is 1. The predicted molar refractivity (Wildman–Crippen MR) is 118 cm³/mol. The summed E-state index contributed by atoms with van der Waals surface area (Å²) in [7, 11) is 0. The second-order valence-corrected chi connectivity index (χ2v) is 7.66. The van der Waals surface area contributed by atoms with Crippen molar-refractivity contribution in [2.24, 2.45) is 0 Å². The number of hydrogen-bond acceptors (Lipinski definition) is 10. The lowest BCUT2D eigenvalue weighted by Crippen LogP contribution is -2.59. The maximum absolute atomic E-state index is 12.7. The number of ketones is 1. The summed E-state index contributed by atoms with van der Waals surface area (Å²) < 4.78 is 27.2. The van der Waals surface area contributed by atoms with E-state index in [1.54, 1.807) is 36.4 Å². The van der Waals surface area contributed by atoms with Crippen LogP contribution in [0.2, 0.25) is 0 Å².